The molecule has 1 N–H and O–H groups in total. The predicted octanol–water partition coefficient (Wildman–Crippen LogP) is 3.09. The van der Waals surface area contributed by atoms with Crippen LogP contribution in [-0.4, -0.2) is 50.6 Å². The van der Waals surface area contributed by atoms with Crippen molar-refractivity contribution in [3.63, 3.8) is 0 Å². The Morgan fingerprint density at radius 1 is 1.10 bits per heavy atom. The van der Waals surface area contributed by atoms with Crippen LogP contribution in [0.4, 0.5) is 5.69 Å². The van der Waals surface area contributed by atoms with Crippen LogP contribution in [0.1, 0.15) is 35.2 Å². The Hall–Kier alpha value is -2.71. The summed E-state index contributed by atoms with van der Waals surface area (Å²) in [5, 5.41) is 2.82. The number of anilines is 1. The standard InChI is InChI=1S/C23H28N2O5S/c1-30-23(27)19-11-13-21(14-12-19)24-22(26)20-10-5-15-25(17-20)31(28,29)16-6-9-18-7-3-2-4-8-18/h2-4,7-8,11-14,20H,5-6,9-10,15-17H2,1H3,(H,24,26)/t20-/m1/s1. The van der Waals surface area contributed by atoms with Gasteiger partial charge in [0, 0.05) is 18.8 Å². The number of carbonyl (C=O) groups excluding carboxylic acids is 2. The van der Waals surface area contributed by atoms with Gasteiger partial charge in [-0.1, -0.05) is 30.3 Å². The number of piperidine rings is 1. The summed E-state index contributed by atoms with van der Waals surface area (Å²) in [6.07, 6.45) is 2.55. The normalized spacial score (nSPS) is 17.1. The third-order valence-electron chi connectivity index (χ3n) is 5.43. The Kier molecular flexibility index (Phi) is 7.81. The van der Waals surface area contributed by atoms with E-state index in [1.807, 2.05) is 30.3 Å². The quantitative estimate of drug-likeness (QED) is 0.632. The number of hydrogen-bond acceptors (Lipinski definition) is 5. The molecule has 3 rings (SSSR count). The first-order valence-electron chi connectivity index (χ1n) is 10.4. The Balaban J connectivity index is 1.53. The zero-order valence-electron chi connectivity index (χ0n) is 17.6. The molecule has 0 aromatic heterocycles. The van der Waals surface area contributed by atoms with Crippen LogP contribution in [0.15, 0.2) is 54.6 Å². The average Bonchev–Trinajstić information content (AvgIpc) is 2.79. The summed E-state index contributed by atoms with van der Waals surface area (Å²) in [6, 6.07) is 16.2. The van der Waals surface area contributed by atoms with Crippen molar-refractivity contribution in [1.82, 2.24) is 4.31 Å². The molecule has 0 spiro atoms. The van der Waals surface area contributed by atoms with E-state index in [0.717, 1.165) is 5.56 Å². The summed E-state index contributed by atoms with van der Waals surface area (Å²) >= 11 is 0. The summed E-state index contributed by atoms with van der Waals surface area (Å²) in [6.45, 7) is 0.644. The molecular weight excluding hydrogens is 416 g/mol. The number of benzene rings is 2. The fourth-order valence-electron chi connectivity index (χ4n) is 3.69. The number of amides is 1. The Labute approximate surface area is 183 Å². The molecule has 1 amide bonds. The van der Waals surface area contributed by atoms with Gasteiger partial charge in [0.15, 0.2) is 0 Å². The third-order valence-corrected chi connectivity index (χ3v) is 7.36. The maximum absolute atomic E-state index is 12.8. The van der Waals surface area contributed by atoms with Crippen LogP contribution < -0.4 is 5.32 Å². The van der Waals surface area contributed by atoms with Gasteiger partial charge >= 0.3 is 5.97 Å². The predicted molar refractivity (Wildman–Crippen MR) is 119 cm³/mol. The molecule has 31 heavy (non-hydrogen) atoms. The van der Waals surface area contributed by atoms with Gasteiger partial charge in [-0.25, -0.2) is 17.5 Å². The average molecular weight is 445 g/mol. The second-order valence-electron chi connectivity index (χ2n) is 7.66. The van der Waals surface area contributed by atoms with E-state index in [9.17, 15) is 18.0 Å². The highest BCUT2D eigenvalue weighted by Gasteiger charge is 2.32. The van der Waals surface area contributed by atoms with Crippen molar-refractivity contribution in [3.8, 4) is 0 Å². The second kappa shape index (κ2) is 10.5. The number of esters is 1. The number of ether oxygens (including phenoxy) is 1. The molecule has 1 fully saturated rings. The molecule has 1 heterocycles. The molecule has 0 unspecified atom stereocenters. The lowest BCUT2D eigenvalue weighted by Gasteiger charge is -2.31. The van der Waals surface area contributed by atoms with E-state index in [1.54, 1.807) is 24.3 Å². The number of nitrogens with zero attached hydrogens (tertiary/aromatic N) is 1. The maximum Gasteiger partial charge on any atom is 0.337 e. The highest BCUT2D eigenvalue weighted by molar-refractivity contribution is 7.89. The molecule has 0 bridgehead atoms. The Bertz CT molecular complexity index is 990. The van der Waals surface area contributed by atoms with Gasteiger partial charge in [0.25, 0.3) is 0 Å². The van der Waals surface area contributed by atoms with Gasteiger partial charge in [-0.3, -0.25) is 4.79 Å². The summed E-state index contributed by atoms with van der Waals surface area (Å²) in [7, 11) is -2.10. The first kappa shape index (κ1) is 23.0. The van der Waals surface area contributed by atoms with Crippen molar-refractivity contribution in [3.05, 3.63) is 65.7 Å². The number of aryl methyl sites for hydroxylation is 1. The molecule has 1 atom stereocenters. The lowest BCUT2D eigenvalue weighted by molar-refractivity contribution is -0.120. The Morgan fingerprint density at radius 2 is 1.81 bits per heavy atom. The monoisotopic (exact) mass is 444 g/mol. The van der Waals surface area contributed by atoms with Gasteiger partial charge in [0.05, 0.1) is 24.3 Å². The van der Waals surface area contributed by atoms with E-state index in [1.165, 1.54) is 11.4 Å². The van der Waals surface area contributed by atoms with Crippen LogP contribution in [0, 0.1) is 5.92 Å². The second-order valence-corrected chi connectivity index (χ2v) is 9.75. The van der Waals surface area contributed by atoms with Gasteiger partial charge in [0.2, 0.25) is 15.9 Å². The van der Waals surface area contributed by atoms with Crippen LogP contribution in [0.5, 0.6) is 0 Å². The highest BCUT2D eigenvalue weighted by Crippen LogP contribution is 2.22. The molecule has 0 saturated carbocycles. The zero-order valence-corrected chi connectivity index (χ0v) is 18.4. The lowest BCUT2D eigenvalue weighted by atomic mass is 9.98. The van der Waals surface area contributed by atoms with E-state index in [0.29, 0.717) is 43.5 Å². The van der Waals surface area contributed by atoms with E-state index < -0.39 is 21.9 Å². The molecule has 7 nitrogen and oxygen atoms in total. The van der Waals surface area contributed by atoms with Crippen LogP contribution >= 0.6 is 0 Å². The van der Waals surface area contributed by atoms with Crippen LogP contribution in [0.2, 0.25) is 0 Å². The molecule has 1 aliphatic heterocycles. The third kappa shape index (κ3) is 6.38. The van der Waals surface area contributed by atoms with Gasteiger partial charge in [0.1, 0.15) is 0 Å². The number of nitrogens with one attached hydrogen (secondary N) is 1. The van der Waals surface area contributed by atoms with E-state index >= 15 is 0 Å². The zero-order chi connectivity index (χ0) is 22.3. The summed E-state index contributed by atoms with van der Waals surface area (Å²) in [5.74, 6) is -0.989. The molecular formula is C23H28N2O5S. The topological polar surface area (TPSA) is 92.8 Å². The van der Waals surface area contributed by atoms with E-state index in [2.05, 4.69) is 10.1 Å². The van der Waals surface area contributed by atoms with Crippen LogP contribution in [0.3, 0.4) is 0 Å². The number of carbonyl (C=O) groups is 2. The molecule has 1 saturated heterocycles. The molecule has 2 aromatic rings. The van der Waals surface area contributed by atoms with Gasteiger partial charge in [-0.2, -0.15) is 0 Å². The first-order valence-corrected chi connectivity index (χ1v) is 12.0. The number of hydrogen-bond donors (Lipinski definition) is 1. The van der Waals surface area contributed by atoms with Crippen LogP contribution in [-0.2, 0) is 26.0 Å². The lowest BCUT2D eigenvalue weighted by Crippen LogP contribution is -2.44. The fraction of sp³-hybridized carbons (Fsp3) is 0.391. The van der Waals surface area contributed by atoms with E-state index in [-0.39, 0.29) is 18.2 Å². The Morgan fingerprint density at radius 3 is 2.48 bits per heavy atom. The summed E-state index contributed by atoms with van der Waals surface area (Å²) in [4.78, 5) is 24.2. The van der Waals surface area contributed by atoms with Crippen molar-refractivity contribution >= 4 is 27.6 Å². The molecule has 8 heteroatoms. The van der Waals surface area contributed by atoms with Crippen molar-refractivity contribution in [2.24, 2.45) is 5.92 Å². The molecule has 2 aromatic carbocycles. The molecule has 166 valence electrons. The van der Waals surface area contributed by atoms with Gasteiger partial charge in [-0.15, -0.1) is 0 Å². The number of sulfonamides is 1. The number of rotatable bonds is 8. The largest absolute Gasteiger partial charge is 0.465 e. The molecule has 0 radical (unpaired) electrons. The first-order chi connectivity index (χ1) is 14.9. The summed E-state index contributed by atoms with van der Waals surface area (Å²) in [5.41, 5.74) is 2.07. The maximum atomic E-state index is 12.8. The minimum atomic E-state index is -3.41. The smallest absolute Gasteiger partial charge is 0.337 e. The van der Waals surface area contributed by atoms with Crippen molar-refractivity contribution in [2.45, 2.75) is 25.7 Å². The van der Waals surface area contributed by atoms with E-state index in [4.69, 9.17) is 0 Å². The van der Waals surface area contributed by atoms with Gasteiger partial charge < -0.3 is 10.1 Å². The van der Waals surface area contributed by atoms with Crippen LogP contribution in [0.25, 0.3) is 0 Å². The molecule has 0 aliphatic carbocycles. The number of methoxy groups -OCH3 is 1. The van der Waals surface area contributed by atoms with Crippen molar-refractivity contribution in [2.75, 3.05) is 31.3 Å². The summed E-state index contributed by atoms with van der Waals surface area (Å²) < 4.78 is 31.7. The minimum absolute atomic E-state index is 0.0746. The highest BCUT2D eigenvalue weighted by atomic mass is 32.2. The molecule has 1 aliphatic rings. The minimum Gasteiger partial charge on any atom is -0.465 e. The SMILES string of the molecule is COC(=O)c1ccc(NC(=O)[C@@H]2CCCN(S(=O)(=O)CCCc3ccccc3)C2)cc1. The van der Waals surface area contributed by atoms with Gasteiger partial charge in [-0.05, 0) is 55.5 Å². The fourth-order valence-corrected chi connectivity index (χ4v) is 5.28. The van der Waals surface area contributed by atoms with Crippen molar-refractivity contribution in [1.29, 1.82) is 0 Å². The van der Waals surface area contributed by atoms with Crippen molar-refractivity contribution < 1.29 is 22.7 Å².